The van der Waals surface area contributed by atoms with Crippen LogP contribution in [0.4, 0.5) is 0 Å². The molecule has 2 aromatic carbocycles. The van der Waals surface area contributed by atoms with Gasteiger partial charge in [0.15, 0.2) is 0 Å². The number of benzene rings is 2. The van der Waals surface area contributed by atoms with Crippen LogP contribution in [-0.4, -0.2) is 5.60 Å². The zero-order chi connectivity index (χ0) is 12.9. The van der Waals surface area contributed by atoms with E-state index in [-0.39, 0.29) is 11.6 Å². The van der Waals surface area contributed by atoms with Crippen molar-refractivity contribution in [2.45, 2.75) is 30.9 Å². The lowest BCUT2D eigenvalue weighted by Crippen LogP contribution is -2.43. The van der Waals surface area contributed by atoms with Crippen molar-refractivity contribution in [3.8, 4) is 5.75 Å². The maximum Gasteiger partial charge on any atom is 0.124 e. The molecule has 0 fully saturated rings. The van der Waals surface area contributed by atoms with Crippen molar-refractivity contribution in [2.75, 3.05) is 0 Å². The number of fused-ring (bicyclic) bond motifs is 2. The molecule has 19 heavy (non-hydrogen) atoms. The third-order valence-electron chi connectivity index (χ3n) is 4.38. The highest BCUT2D eigenvalue weighted by Crippen LogP contribution is 2.44. The van der Waals surface area contributed by atoms with E-state index in [0.717, 1.165) is 30.6 Å². The summed E-state index contributed by atoms with van der Waals surface area (Å²) in [7, 11) is 0. The first-order valence-electron chi connectivity index (χ1n) is 6.86. The van der Waals surface area contributed by atoms with Gasteiger partial charge >= 0.3 is 0 Å². The Morgan fingerprint density at radius 2 is 1.58 bits per heavy atom. The van der Waals surface area contributed by atoms with Gasteiger partial charge in [-0.15, -0.1) is 0 Å². The third-order valence-corrected chi connectivity index (χ3v) is 4.38. The predicted octanol–water partition coefficient (Wildman–Crippen LogP) is 3.01. The van der Waals surface area contributed by atoms with Gasteiger partial charge in [-0.2, -0.15) is 0 Å². The molecule has 4 rings (SSSR count). The average Bonchev–Trinajstić information content (AvgIpc) is 2.75. The first-order chi connectivity index (χ1) is 9.26. The summed E-state index contributed by atoms with van der Waals surface area (Å²) in [5.74, 6) is 0.967. The summed E-state index contributed by atoms with van der Waals surface area (Å²) in [6, 6.07) is 16.9. The first-order valence-corrected chi connectivity index (χ1v) is 6.86. The summed E-state index contributed by atoms with van der Waals surface area (Å²) >= 11 is 0. The van der Waals surface area contributed by atoms with Gasteiger partial charge in [0, 0.05) is 30.9 Å². The number of nitrogens with two attached hydrogens (primary N) is 1. The van der Waals surface area contributed by atoms with E-state index in [2.05, 4.69) is 30.3 Å². The van der Waals surface area contributed by atoms with Gasteiger partial charge in [-0.05, 0) is 17.2 Å². The number of rotatable bonds is 0. The van der Waals surface area contributed by atoms with E-state index in [4.69, 9.17) is 10.5 Å². The molecule has 96 valence electrons. The maximum absolute atomic E-state index is 6.36. The van der Waals surface area contributed by atoms with E-state index < -0.39 is 0 Å². The third kappa shape index (κ3) is 1.67. The number of hydrogen-bond donors (Lipinski definition) is 1. The molecule has 1 aliphatic heterocycles. The molecule has 2 nitrogen and oxygen atoms in total. The molecule has 0 bridgehead atoms. The van der Waals surface area contributed by atoms with E-state index in [1.807, 2.05) is 18.2 Å². The molecule has 0 aromatic heterocycles. The Morgan fingerprint density at radius 3 is 2.32 bits per heavy atom. The predicted molar refractivity (Wildman–Crippen MR) is 75.2 cm³/mol. The van der Waals surface area contributed by atoms with E-state index in [9.17, 15) is 0 Å². The monoisotopic (exact) mass is 251 g/mol. The highest BCUT2D eigenvalue weighted by molar-refractivity contribution is 5.43. The van der Waals surface area contributed by atoms with Crippen LogP contribution in [0.5, 0.6) is 5.75 Å². The molecule has 1 spiro atoms. The lowest BCUT2D eigenvalue weighted by atomic mass is 9.85. The van der Waals surface area contributed by atoms with Crippen molar-refractivity contribution in [1.82, 2.24) is 0 Å². The standard InChI is InChI=1S/C17H17NO/c18-15-11-17(19-16-8-4-3-7-14(15)16)9-12-5-1-2-6-13(12)10-17/h1-8,15H,9-11,18H2/t15-/m1/s1. The second-order valence-corrected chi connectivity index (χ2v) is 5.76. The molecule has 1 heterocycles. The van der Waals surface area contributed by atoms with Crippen LogP contribution in [0.15, 0.2) is 48.5 Å². The summed E-state index contributed by atoms with van der Waals surface area (Å²) in [6.45, 7) is 0. The molecule has 0 amide bonds. The van der Waals surface area contributed by atoms with Crippen molar-refractivity contribution in [2.24, 2.45) is 5.73 Å². The average molecular weight is 251 g/mol. The molecule has 2 heteroatoms. The van der Waals surface area contributed by atoms with Gasteiger partial charge in [0.2, 0.25) is 0 Å². The van der Waals surface area contributed by atoms with Crippen LogP contribution in [0.1, 0.15) is 29.2 Å². The summed E-state index contributed by atoms with van der Waals surface area (Å²) in [4.78, 5) is 0. The molecule has 0 radical (unpaired) electrons. The Balaban J connectivity index is 1.73. The van der Waals surface area contributed by atoms with Gasteiger partial charge in [-0.25, -0.2) is 0 Å². The smallest absolute Gasteiger partial charge is 0.124 e. The molecule has 0 unspecified atom stereocenters. The van der Waals surface area contributed by atoms with Crippen LogP contribution in [0.25, 0.3) is 0 Å². The fourth-order valence-electron chi connectivity index (χ4n) is 3.54. The quantitative estimate of drug-likeness (QED) is 0.781. The molecule has 0 saturated carbocycles. The molecule has 1 aliphatic carbocycles. The zero-order valence-electron chi connectivity index (χ0n) is 10.8. The van der Waals surface area contributed by atoms with Gasteiger partial charge in [0.25, 0.3) is 0 Å². The van der Waals surface area contributed by atoms with E-state index in [0.29, 0.717) is 0 Å². The SMILES string of the molecule is N[C@@H]1CC2(Cc3ccccc3C2)Oc2ccccc21. The number of ether oxygens (including phenoxy) is 1. The normalized spacial score (nSPS) is 22.7. The molecule has 2 aromatic rings. The van der Waals surface area contributed by atoms with Crippen molar-refractivity contribution >= 4 is 0 Å². The van der Waals surface area contributed by atoms with Crippen LogP contribution >= 0.6 is 0 Å². The fraction of sp³-hybridized carbons (Fsp3) is 0.294. The fourth-order valence-corrected chi connectivity index (χ4v) is 3.54. The first kappa shape index (κ1) is 11.1. The molecule has 1 atom stereocenters. The van der Waals surface area contributed by atoms with Crippen LogP contribution in [-0.2, 0) is 12.8 Å². The van der Waals surface area contributed by atoms with Gasteiger partial charge < -0.3 is 10.5 Å². The highest BCUT2D eigenvalue weighted by atomic mass is 16.5. The van der Waals surface area contributed by atoms with Gasteiger partial charge in [0.05, 0.1) is 0 Å². The van der Waals surface area contributed by atoms with Gasteiger partial charge in [-0.1, -0.05) is 42.5 Å². The van der Waals surface area contributed by atoms with E-state index >= 15 is 0 Å². The number of hydrogen-bond acceptors (Lipinski definition) is 2. The lowest BCUT2D eigenvalue weighted by Gasteiger charge is -2.38. The Kier molecular flexibility index (Phi) is 2.24. The Bertz CT molecular complexity index is 610. The Hall–Kier alpha value is -1.80. The minimum absolute atomic E-state index is 0.0827. The molecule has 2 N–H and O–H groups in total. The molecule has 2 aliphatic rings. The Morgan fingerprint density at radius 1 is 0.947 bits per heavy atom. The summed E-state index contributed by atoms with van der Waals surface area (Å²) in [6.07, 6.45) is 2.86. The van der Waals surface area contributed by atoms with Crippen LogP contribution in [0.3, 0.4) is 0 Å². The second kappa shape index (κ2) is 3.84. The van der Waals surface area contributed by atoms with Gasteiger partial charge in [-0.3, -0.25) is 0 Å². The zero-order valence-corrected chi connectivity index (χ0v) is 10.8. The summed E-state index contributed by atoms with van der Waals surface area (Å²) in [5, 5.41) is 0. The second-order valence-electron chi connectivity index (χ2n) is 5.76. The van der Waals surface area contributed by atoms with E-state index in [1.54, 1.807) is 0 Å². The minimum Gasteiger partial charge on any atom is -0.486 e. The summed E-state index contributed by atoms with van der Waals surface area (Å²) < 4.78 is 6.35. The largest absolute Gasteiger partial charge is 0.486 e. The maximum atomic E-state index is 6.36. The molecular weight excluding hydrogens is 234 g/mol. The van der Waals surface area contributed by atoms with Crippen LogP contribution in [0.2, 0.25) is 0 Å². The van der Waals surface area contributed by atoms with Crippen LogP contribution < -0.4 is 10.5 Å². The molecular formula is C17H17NO. The lowest BCUT2D eigenvalue weighted by molar-refractivity contribution is 0.0460. The van der Waals surface area contributed by atoms with Crippen molar-refractivity contribution < 1.29 is 4.74 Å². The van der Waals surface area contributed by atoms with Crippen molar-refractivity contribution in [3.63, 3.8) is 0 Å². The summed E-state index contributed by atoms with van der Waals surface area (Å²) in [5.41, 5.74) is 10.2. The highest BCUT2D eigenvalue weighted by Gasteiger charge is 2.44. The minimum atomic E-state index is -0.128. The topological polar surface area (TPSA) is 35.2 Å². The van der Waals surface area contributed by atoms with Crippen molar-refractivity contribution in [3.05, 3.63) is 65.2 Å². The van der Waals surface area contributed by atoms with Gasteiger partial charge in [0.1, 0.15) is 11.4 Å². The van der Waals surface area contributed by atoms with E-state index in [1.165, 1.54) is 11.1 Å². The van der Waals surface area contributed by atoms with Crippen molar-refractivity contribution in [1.29, 1.82) is 0 Å². The van der Waals surface area contributed by atoms with Crippen LogP contribution in [0, 0.1) is 0 Å². The Labute approximate surface area is 113 Å². The molecule has 0 saturated heterocycles. The number of para-hydroxylation sites is 1.